The van der Waals surface area contributed by atoms with Crippen molar-refractivity contribution in [3.05, 3.63) is 35.9 Å². The van der Waals surface area contributed by atoms with Gasteiger partial charge in [0.15, 0.2) is 0 Å². The third kappa shape index (κ3) is 4.69. The molecule has 0 N–H and O–H groups in total. The van der Waals surface area contributed by atoms with Crippen molar-refractivity contribution in [2.24, 2.45) is 5.92 Å². The van der Waals surface area contributed by atoms with Crippen molar-refractivity contribution in [1.82, 2.24) is 0 Å². The van der Waals surface area contributed by atoms with Gasteiger partial charge in [-0.25, -0.2) is 0 Å². The average Bonchev–Trinajstić information content (AvgIpc) is 2.14. The van der Waals surface area contributed by atoms with Gasteiger partial charge >= 0.3 is 0 Å². The summed E-state index contributed by atoms with van der Waals surface area (Å²) in [5.74, 6) is 0.629. The zero-order chi connectivity index (χ0) is 9.52. The van der Waals surface area contributed by atoms with E-state index in [0.29, 0.717) is 5.92 Å². The maximum atomic E-state index is 5.49. The topological polar surface area (TPSA) is 9.23 Å². The van der Waals surface area contributed by atoms with Gasteiger partial charge in [0.25, 0.3) is 0 Å². The first kappa shape index (κ1) is 10.3. The average molecular weight is 177 g/mol. The molecule has 0 bridgehead atoms. The van der Waals surface area contributed by atoms with Gasteiger partial charge in [0.2, 0.25) is 0 Å². The molecule has 0 atom stereocenters. The van der Waals surface area contributed by atoms with Crippen molar-refractivity contribution in [1.29, 1.82) is 0 Å². The first-order valence-electron chi connectivity index (χ1n) is 4.82. The van der Waals surface area contributed by atoms with Crippen LogP contribution < -0.4 is 0 Å². The Kier molecular flexibility index (Phi) is 4.55. The molecule has 0 aliphatic heterocycles. The summed E-state index contributed by atoms with van der Waals surface area (Å²) in [5, 5.41) is 0. The maximum Gasteiger partial charge on any atom is 0.0506 e. The highest BCUT2D eigenvalue weighted by atomic mass is 16.5. The highest BCUT2D eigenvalue weighted by molar-refractivity contribution is 5.13. The van der Waals surface area contributed by atoms with Crippen LogP contribution in [0.1, 0.15) is 19.4 Å². The molecule has 1 heteroatoms. The Bertz CT molecular complexity index is 216. The number of hydrogen-bond acceptors (Lipinski definition) is 1. The summed E-state index contributed by atoms with van der Waals surface area (Å²) in [7, 11) is 0. The molecule has 0 unspecified atom stereocenters. The van der Waals surface area contributed by atoms with Gasteiger partial charge < -0.3 is 4.74 Å². The summed E-state index contributed by atoms with van der Waals surface area (Å²) in [5.41, 5.74) is 1.32. The lowest BCUT2D eigenvalue weighted by Gasteiger charge is -2.06. The minimum Gasteiger partial charge on any atom is -0.381 e. The van der Waals surface area contributed by atoms with Crippen LogP contribution in [-0.2, 0) is 11.2 Å². The lowest BCUT2D eigenvalue weighted by molar-refractivity contribution is 0.112. The minimum absolute atomic E-state index is 0.629. The molecule has 0 aliphatic rings. The predicted molar refractivity (Wildman–Crippen MR) is 54.6 cm³/mol. The van der Waals surface area contributed by atoms with Crippen LogP contribution in [0.4, 0.5) is 0 Å². The molecule has 0 saturated heterocycles. The van der Waals surface area contributed by atoms with Crippen LogP contribution in [0.15, 0.2) is 24.3 Å². The molecule has 0 aromatic heterocycles. The van der Waals surface area contributed by atoms with Crippen molar-refractivity contribution in [3.8, 4) is 0 Å². The lowest BCUT2D eigenvalue weighted by atomic mass is 10.2. The number of ether oxygens (including phenoxy) is 1. The van der Waals surface area contributed by atoms with Crippen molar-refractivity contribution in [2.45, 2.75) is 20.3 Å². The molecule has 13 heavy (non-hydrogen) atoms. The first-order chi connectivity index (χ1) is 6.29. The van der Waals surface area contributed by atoms with Gasteiger partial charge in [0, 0.05) is 6.61 Å². The van der Waals surface area contributed by atoms with Crippen LogP contribution in [0, 0.1) is 12.0 Å². The molecule has 1 aromatic carbocycles. The Morgan fingerprint density at radius 3 is 2.62 bits per heavy atom. The van der Waals surface area contributed by atoms with Gasteiger partial charge in [-0.3, -0.25) is 0 Å². The monoisotopic (exact) mass is 177 g/mol. The minimum atomic E-state index is 0.629. The summed E-state index contributed by atoms with van der Waals surface area (Å²) in [6.45, 7) is 6.01. The van der Waals surface area contributed by atoms with Crippen molar-refractivity contribution in [3.63, 3.8) is 0 Å². The molecule has 0 aliphatic carbocycles. The highest BCUT2D eigenvalue weighted by Gasteiger charge is 1.94. The van der Waals surface area contributed by atoms with Gasteiger partial charge in [-0.15, -0.1) is 0 Å². The molecular weight excluding hydrogens is 160 g/mol. The maximum absolute atomic E-state index is 5.49. The van der Waals surface area contributed by atoms with Crippen LogP contribution in [-0.4, -0.2) is 13.2 Å². The van der Waals surface area contributed by atoms with E-state index in [2.05, 4.69) is 32.0 Å². The van der Waals surface area contributed by atoms with E-state index < -0.39 is 0 Å². The molecule has 1 nitrogen and oxygen atoms in total. The number of benzene rings is 1. The van der Waals surface area contributed by atoms with Gasteiger partial charge in [-0.1, -0.05) is 38.1 Å². The normalized spacial score (nSPS) is 10.7. The van der Waals surface area contributed by atoms with E-state index in [4.69, 9.17) is 4.74 Å². The Morgan fingerprint density at radius 2 is 2.00 bits per heavy atom. The van der Waals surface area contributed by atoms with Crippen molar-refractivity contribution < 1.29 is 4.74 Å². The predicted octanol–water partition coefficient (Wildman–Crippen LogP) is 2.70. The second-order valence-electron chi connectivity index (χ2n) is 3.63. The fourth-order valence-electron chi connectivity index (χ4n) is 1.10. The largest absolute Gasteiger partial charge is 0.381 e. The molecule has 1 radical (unpaired) electrons. The smallest absolute Gasteiger partial charge is 0.0506 e. The van der Waals surface area contributed by atoms with Gasteiger partial charge in [-0.2, -0.15) is 0 Å². The summed E-state index contributed by atoms with van der Waals surface area (Å²) in [6, 6.07) is 11.0. The fourth-order valence-corrected chi connectivity index (χ4v) is 1.10. The van der Waals surface area contributed by atoms with Crippen LogP contribution in [0.5, 0.6) is 0 Å². The Hall–Kier alpha value is -0.820. The van der Waals surface area contributed by atoms with Crippen LogP contribution in [0.2, 0.25) is 0 Å². The molecule has 1 aromatic rings. The molecule has 0 heterocycles. The van der Waals surface area contributed by atoms with Crippen LogP contribution >= 0.6 is 0 Å². The van der Waals surface area contributed by atoms with Crippen molar-refractivity contribution in [2.75, 3.05) is 13.2 Å². The summed E-state index contributed by atoms with van der Waals surface area (Å²) in [6.07, 6.45) is 1.00. The molecule has 0 spiro atoms. The van der Waals surface area contributed by atoms with Crippen molar-refractivity contribution >= 4 is 0 Å². The Morgan fingerprint density at radius 1 is 1.31 bits per heavy atom. The van der Waals surface area contributed by atoms with E-state index in [-0.39, 0.29) is 0 Å². The highest BCUT2D eigenvalue weighted by Crippen LogP contribution is 2.00. The standard InChI is InChI=1S/C12H17O/c1-11(2)10-13-9-8-12-6-4-3-5-7-12/h4-7,11H,8-10H2,1-2H3. The van der Waals surface area contributed by atoms with Gasteiger partial charge in [-0.05, 0) is 24.0 Å². The second kappa shape index (κ2) is 5.76. The van der Waals surface area contributed by atoms with Crippen LogP contribution in [0.3, 0.4) is 0 Å². The quantitative estimate of drug-likeness (QED) is 0.628. The summed E-state index contributed by atoms with van der Waals surface area (Å²) < 4.78 is 5.49. The van der Waals surface area contributed by atoms with Gasteiger partial charge in [0.1, 0.15) is 0 Å². The van der Waals surface area contributed by atoms with E-state index in [9.17, 15) is 0 Å². The number of hydrogen-bond donors (Lipinski definition) is 0. The molecule has 0 saturated carbocycles. The first-order valence-corrected chi connectivity index (χ1v) is 4.82. The second-order valence-corrected chi connectivity index (χ2v) is 3.63. The van der Waals surface area contributed by atoms with Gasteiger partial charge in [0.05, 0.1) is 6.61 Å². The zero-order valence-electron chi connectivity index (χ0n) is 8.42. The molecular formula is C12H17O. The Labute approximate surface area is 80.7 Å². The fraction of sp³-hybridized carbons (Fsp3) is 0.500. The van der Waals surface area contributed by atoms with E-state index >= 15 is 0 Å². The van der Waals surface area contributed by atoms with E-state index in [0.717, 1.165) is 19.6 Å². The molecule has 0 fully saturated rings. The lowest BCUT2D eigenvalue weighted by Crippen LogP contribution is -2.04. The summed E-state index contributed by atoms with van der Waals surface area (Å²) in [4.78, 5) is 0. The third-order valence-corrected chi connectivity index (χ3v) is 1.77. The molecule has 0 amide bonds. The van der Waals surface area contributed by atoms with E-state index in [1.807, 2.05) is 12.1 Å². The Balaban J connectivity index is 2.13. The van der Waals surface area contributed by atoms with E-state index in [1.165, 1.54) is 5.56 Å². The SMILES string of the molecule is CC(C)COCCc1cc[c]cc1. The van der Waals surface area contributed by atoms with E-state index in [1.54, 1.807) is 0 Å². The zero-order valence-corrected chi connectivity index (χ0v) is 8.42. The molecule has 1 rings (SSSR count). The molecule has 71 valence electrons. The number of rotatable bonds is 5. The summed E-state index contributed by atoms with van der Waals surface area (Å²) >= 11 is 0. The van der Waals surface area contributed by atoms with Crippen LogP contribution in [0.25, 0.3) is 0 Å². The third-order valence-electron chi connectivity index (χ3n) is 1.77.